The molecule has 1 heterocycles. The quantitative estimate of drug-likeness (QED) is 0.291. The van der Waals surface area contributed by atoms with Crippen molar-refractivity contribution in [3.8, 4) is 0 Å². The van der Waals surface area contributed by atoms with Crippen LogP contribution in [0.1, 0.15) is 39.4 Å². The largest absolute Gasteiger partial charge is 0.460 e. The smallest absolute Gasteiger partial charge is 0.306 e. The molecule has 6 nitrogen and oxygen atoms in total. The normalized spacial score (nSPS) is 12.5. The van der Waals surface area contributed by atoms with Gasteiger partial charge in [0.25, 0.3) is 0 Å². The summed E-state index contributed by atoms with van der Waals surface area (Å²) in [5.74, 6) is 0.653. The lowest BCUT2D eigenvalue weighted by Crippen LogP contribution is -2.23. The number of esters is 1. The summed E-state index contributed by atoms with van der Waals surface area (Å²) in [6.07, 6.45) is 0.981. The number of nitrogens with zero attached hydrogens (tertiary/aromatic N) is 2. The molecule has 0 spiro atoms. The van der Waals surface area contributed by atoms with Crippen LogP contribution in [-0.4, -0.2) is 42.4 Å². The average molecular weight is 421 g/mol. The second kappa shape index (κ2) is 10.4. The summed E-state index contributed by atoms with van der Waals surface area (Å²) in [7, 11) is -1.11. The van der Waals surface area contributed by atoms with E-state index in [1.165, 1.54) is 0 Å². The lowest BCUT2D eigenvalue weighted by atomic mass is 10.2. The van der Waals surface area contributed by atoms with E-state index in [0.29, 0.717) is 32.8 Å². The number of ether oxygens (including phenoxy) is 3. The lowest BCUT2D eigenvalue weighted by molar-refractivity contribution is -0.155. The number of rotatable bonds is 11. The van der Waals surface area contributed by atoms with Gasteiger partial charge in [-0.15, -0.1) is 0 Å². The van der Waals surface area contributed by atoms with Crippen LogP contribution in [0.4, 0.5) is 0 Å². The first-order chi connectivity index (χ1) is 13.6. The molecular weight excluding hydrogens is 384 g/mol. The van der Waals surface area contributed by atoms with Gasteiger partial charge in [0.05, 0.1) is 11.0 Å². The highest BCUT2D eigenvalue weighted by molar-refractivity contribution is 6.76. The van der Waals surface area contributed by atoms with Crippen LogP contribution in [0.3, 0.4) is 0 Å². The van der Waals surface area contributed by atoms with E-state index in [1.807, 2.05) is 39.0 Å². The van der Waals surface area contributed by atoms with Crippen LogP contribution in [0, 0.1) is 0 Å². The minimum atomic E-state index is -1.11. The molecule has 0 unspecified atom stereocenters. The molecule has 7 heteroatoms. The van der Waals surface area contributed by atoms with Crippen molar-refractivity contribution < 1.29 is 19.0 Å². The van der Waals surface area contributed by atoms with Gasteiger partial charge in [0.2, 0.25) is 0 Å². The molecule has 162 valence electrons. The van der Waals surface area contributed by atoms with Crippen molar-refractivity contribution in [2.75, 3.05) is 13.2 Å². The first-order valence-corrected chi connectivity index (χ1v) is 14.1. The van der Waals surface area contributed by atoms with Crippen LogP contribution < -0.4 is 0 Å². The monoisotopic (exact) mass is 420 g/mol. The van der Waals surface area contributed by atoms with Gasteiger partial charge in [0, 0.05) is 27.7 Å². The Hall–Kier alpha value is -1.70. The van der Waals surface area contributed by atoms with E-state index in [1.54, 1.807) is 0 Å². The topological polar surface area (TPSA) is 62.6 Å². The number of carbonyl (C=O) groups excluding carboxylic acids is 1. The van der Waals surface area contributed by atoms with Gasteiger partial charge in [-0.2, -0.15) is 0 Å². The van der Waals surface area contributed by atoms with E-state index in [0.717, 1.165) is 29.5 Å². The molecule has 1 aromatic heterocycles. The van der Waals surface area contributed by atoms with Gasteiger partial charge in [-0.1, -0.05) is 31.8 Å². The second-order valence-corrected chi connectivity index (χ2v) is 15.2. The summed E-state index contributed by atoms with van der Waals surface area (Å²) in [5, 5.41) is 0. The number of aromatic nitrogens is 2. The molecule has 29 heavy (non-hydrogen) atoms. The zero-order valence-corrected chi connectivity index (χ0v) is 19.8. The minimum Gasteiger partial charge on any atom is -0.460 e. The van der Waals surface area contributed by atoms with Gasteiger partial charge >= 0.3 is 5.97 Å². The third kappa shape index (κ3) is 8.68. The summed E-state index contributed by atoms with van der Waals surface area (Å²) < 4.78 is 19.1. The fourth-order valence-corrected chi connectivity index (χ4v) is 3.55. The van der Waals surface area contributed by atoms with E-state index in [9.17, 15) is 4.79 Å². The summed E-state index contributed by atoms with van der Waals surface area (Å²) in [4.78, 5) is 16.5. The number of hydrogen-bond acceptors (Lipinski definition) is 5. The number of imidazole rings is 1. The highest BCUT2D eigenvalue weighted by atomic mass is 28.3. The summed E-state index contributed by atoms with van der Waals surface area (Å²) in [6.45, 7) is 14.8. The molecule has 0 amide bonds. The van der Waals surface area contributed by atoms with Gasteiger partial charge < -0.3 is 18.8 Å². The molecular formula is C22H36N2O4Si. The molecule has 0 radical (unpaired) electrons. The van der Waals surface area contributed by atoms with Crippen molar-refractivity contribution in [2.24, 2.45) is 0 Å². The Labute approximate surface area is 175 Å². The Kier molecular flexibility index (Phi) is 8.42. The standard InChI is InChI=1S/C22H36N2O4Si/c1-22(2,3)28-21(25)12-9-13-26-16-20-23-18-10-7-8-11-19(18)24(20)17-27-14-15-29(4,5)6/h7-8,10-11H,9,12-17H2,1-6H3. The molecule has 0 saturated carbocycles. The van der Waals surface area contributed by atoms with Crippen LogP contribution >= 0.6 is 0 Å². The van der Waals surface area contributed by atoms with Crippen molar-refractivity contribution in [3.05, 3.63) is 30.1 Å². The Morgan fingerprint density at radius 2 is 1.83 bits per heavy atom. The number of para-hydroxylation sites is 2. The molecule has 0 saturated heterocycles. The number of fused-ring (bicyclic) bond motifs is 1. The predicted molar refractivity (Wildman–Crippen MR) is 119 cm³/mol. The van der Waals surface area contributed by atoms with Crippen molar-refractivity contribution in [1.82, 2.24) is 9.55 Å². The summed E-state index contributed by atoms with van der Waals surface area (Å²) >= 11 is 0. The van der Waals surface area contributed by atoms with Gasteiger partial charge in [-0.05, 0) is 45.4 Å². The molecule has 0 aliphatic heterocycles. The second-order valence-electron chi connectivity index (χ2n) is 9.54. The van der Waals surface area contributed by atoms with Crippen LogP contribution in [0.5, 0.6) is 0 Å². The fourth-order valence-electron chi connectivity index (χ4n) is 2.79. The number of benzene rings is 1. The highest BCUT2D eigenvalue weighted by Crippen LogP contribution is 2.18. The fraction of sp³-hybridized carbons (Fsp3) is 0.636. The highest BCUT2D eigenvalue weighted by Gasteiger charge is 2.16. The van der Waals surface area contributed by atoms with Crippen molar-refractivity contribution >= 4 is 25.1 Å². The SMILES string of the molecule is CC(C)(C)OC(=O)CCCOCc1nc2ccccc2n1COCC[Si](C)(C)C. The Morgan fingerprint density at radius 1 is 1.10 bits per heavy atom. The molecule has 0 atom stereocenters. The van der Waals surface area contributed by atoms with E-state index >= 15 is 0 Å². The maximum absolute atomic E-state index is 11.8. The molecule has 0 N–H and O–H groups in total. The Balaban J connectivity index is 1.87. The van der Waals surface area contributed by atoms with Gasteiger partial charge in [0.15, 0.2) is 0 Å². The van der Waals surface area contributed by atoms with Gasteiger partial charge in [-0.25, -0.2) is 4.98 Å². The molecule has 0 bridgehead atoms. The van der Waals surface area contributed by atoms with Crippen LogP contribution in [0.25, 0.3) is 11.0 Å². The van der Waals surface area contributed by atoms with Crippen molar-refractivity contribution in [1.29, 1.82) is 0 Å². The molecule has 0 fully saturated rings. The van der Waals surface area contributed by atoms with E-state index in [4.69, 9.17) is 19.2 Å². The molecule has 2 aromatic rings. The molecule has 1 aromatic carbocycles. The van der Waals surface area contributed by atoms with Crippen LogP contribution in [-0.2, 0) is 32.3 Å². The van der Waals surface area contributed by atoms with Gasteiger partial charge in [0.1, 0.15) is 24.8 Å². The van der Waals surface area contributed by atoms with Crippen molar-refractivity contribution in [3.63, 3.8) is 0 Å². The number of hydrogen-bond donors (Lipinski definition) is 0. The maximum Gasteiger partial charge on any atom is 0.306 e. The summed E-state index contributed by atoms with van der Waals surface area (Å²) in [5.41, 5.74) is 1.54. The van der Waals surface area contributed by atoms with Gasteiger partial charge in [-0.3, -0.25) is 4.79 Å². The molecule has 2 rings (SSSR count). The third-order valence-corrected chi connectivity index (χ3v) is 5.98. The zero-order chi connectivity index (χ0) is 21.5. The maximum atomic E-state index is 11.8. The first-order valence-electron chi connectivity index (χ1n) is 10.4. The Bertz CT molecular complexity index is 790. The first kappa shape index (κ1) is 23.6. The molecule has 0 aliphatic rings. The van der Waals surface area contributed by atoms with Crippen molar-refractivity contribution in [2.45, 2.75) is 78.2 Å². The third-order valence-electron chi connectivity index (χ3n) is 4.27. The number of carbonyl (C=O) groups is 1. The Morgan fingerprint density at radius 3 is 2.52 bits per heavy atom. The predicted octanol–water partition coefficient (Wildman–Crippen LogP) is 4.99. The van der Waals surface area contributed by atoms with Crippen LogP contribution in [0.2, 0.25) is 25.7 Å². The van der Waals surface area contributed by atoms with E-state index < -0.39 is 13.7 Å². The zero-order valence-electron chi connectivity index (χ0n) is 18.8. The summed E-state index contributed by atoms with van der Waals surface area (Å²) in [6, 6.07) is 9.18. The van der Waals surface area contributed by atoms with E-state index in [2.05, 4.69) is 30.3 Å². The van der Waals surface area contributed by atoms with E-state index in [-0.39, 0.29) is 5.97 Å². The average Bonchev–Trinajstić information content (AvgIpc) is 2.93. The minimum absolute atomic E-state index is 0.191. The molecule has 0 aliphatic carbocycles. The lowest BCUT2D eigenvalue weighted by Gasteiger charge is -2.19. The van der Waals surface area contributed by atoms with Crippen LogP contribution in [0.15, 0.2) is 24.3 Å².